The number of carbonyl (C=O) groups is 2. The summed E-state index contributed by atoms with van der Waals surface area (Å²) in [4.78, 5) is 35.2. The van der Waals surface area contributed by atoms with Crippen LogP contribution in [0.3, 0.4) is 0 Å². The summed E-state index contributed by atoms with van der Waals surface area (Å²) in [6, 6.07) is 18.1. The van der Waals surface area contributed by atoms with E-state index in [9.17, 15) is 14.7 Å². The van der Waals surface area contributed by atoms with Crippen LogP contribution in [0.2, 0.25) is 0 Å². The van der Waals surface area contributed by atoms with Crippen molar-refractivity contribution in [3.63, 3.8) is 0 Å². The van der Waals surface area contributed by atoms with Gasteiger partial charge in [0.05, 0.1) is 28.4 Å². The minimum atomic E-state index is -0.819. The predicted molar refractivity (Wildman–Crippen MR) is 150 cm³/mol. The van der Waals surface area contributed by atoms with E-state index in [2.05, 4.69) is 0 Å². The minimum absolute atomic E-state index is 0.0553. The second kappa shape index (κ2) is 9.29. The van der Waals surface area contributed by atoms with Gasteiger partial charge in [0, 0.05) is 25.3 Å². The molecule has 1 atom stereocenters. The van der Waals surface area contributed by atoms with Gasteiger partial charge < -0.3 is 14.7 Å². The maximum Gasteiger partial charge on any atom is 0.301 e. The summed E-state index contributed by atoms with van der Waals surface area (Å²) in [6.07, 6.45) is 1.71. The molecule has 2 aliphatic heterocycles. The number of hydrogen-bond acceptors (Lipinski definition) is 7. The summed E-state index contributed by atoms with van der Waals surface area (Å²) in [6.45, 7) is 2.66. The zero-order chi connectivity index (χ0) is 26.6. The zero-order valence-electron chi connectivity index (χ0n) is 21.4. The van der Waals surface area contributed by atoms with Crippen molar-refractivity contribution >= 4 is 49.8 Å². The van der Waals surface area contributed by atoms with Gasteiger partial charge in [-0.3, -0.25) is 14.5 Å². The van der Waals surface area contributed by atoms with Crippen LogP contribution in [0.25, 0.3) is 16.0 Å². The van der Waals surface area contributed by atoms with E-state index in [0.717, 1.165) is 45.6 Å². The number of benzene rings is 3. The number of carbonyl (C=O) groups excluding carboxylic acids is 2. The van der Waals surface area contributed by atoms with Crippen molar-refractivity contribution in [2.45, 2.75) is 25.8 Å². The van der Waals surface area contributed by atoms with Crippen molar-refractivity contribution in [2.75, 3.05) is 30.5 Å². The van der Waals surface area contributed by atoms with Gasteiger partial charge in [0.1, 0.15) is 11.5 Å². The van der Waals surface area contributed by atoms with Crippen LogP contribution in [0.4, 0.5) is 10.8 Å². The average molecular weight is 526 g/mol. The monoisotopic (exact) mass is 525 g/mol. The molecule has 4 aromatic rings. The molecule has 0 saturated carbocycles. The van der Waals surface area contributed by atoms with Crippen molar-refractivity contribution in [1.29, 1.82) is 0 Å². The molecule has 0 aliphatic carbocycles. The van der Waals surface area contributed by atoms with Gasteiger partial charge in [-0.15, -0.1) is 0 Å². The number of anilines is 2. The highest BCUT2D eigenvalue weighted by Gasteiger charge is 2.48. The fourth-order valence-corrected chi connectivity index (χ4v) is 6.18. The number of hydrogen-bond donors (Lipinski definition) is 1. The Balaban J connectivity index is 1.53. The molecule has 1 saturated heterocycles. The first-order valence-electron chi connectivity index (χ1n) is 12.5. The molecule has 38 heavy (non-hydrogen) atoms. The summed E-state index contributed by atoms with van der Waals surface area (Å²) in [7, 11) is 3.90. The molecule has 3 aromatic carbocycles. The lowest BCUT2D eigenvalue weighted by Crippen LogP contribution is -2.29. The van der Waals surface area contributed by atoms with E-state index in [4.69, 9.17) is 9.72 Å². The number of Topliss-reactive ketones (excluding diaryl/α,β-unsaturated/α-hetero) is 1. The predicted octanol–water partition coefficient (Wildman–Crippen LogP) is 5.62. The molecule has 1 aromatic heterocycles. The van der Waals surface area contributed by atoms with Gasteiger partial charge in [-0.2, -0.15) is 0 Å². The molecule has 192 valence electrons. The number of aliphatic hydroxyl groups excluding tert-OH is 1. The maximum absolute atomic E-state index is 13.6. The number of ketones is 1. The van der Waals surface area contributed by atoms with Crippen molar-refractivity contribution in [2.24, 2.45) is 0 Å². The Bertz CT molecular complexity index is 1620. The highest BCUT2D eigenvalue weighted by molar-refractivity contribution is 7.22. The molecule has 1 unspecified atom stereocenters. The Kier molecular flexibility index (Phi) is 5.91. The molecule has 0 spiro atoms. The first kappa shape index (κ1) is 24.2. The number of aliphatic hydroxyl groups is 1. The van der Waals surface area contributed by atoms with Gasteiger partial charge in [0.25, 0.3) is 5.78 Å². The topological polar surface area (TPSA) is 83.0 Å². The number of aryl methyl sites for hydroxylation is 2. The van der Waals surface area contributed by atoms with E-state index in [-0.39, 0.29) is 11.3 Å². The van der Waals surface area contributed by atoms with Gasteiger partial charge in [-0.1, -0.05) is 29.5 Å². The van der Waals surface area contributed by atoms with Crippen LogP contribution in [-0.4, -0.2) is 42.5 Å². The normalized spacial score (nSPS) is 18.5. The fourth-order valence-electron chi connectivity index (χ4n) is 5.09. The molecular formula is C30H27N3O4S. The van der Waals surface area contributed by atoms with Gasteiger partial charge in [-0.25, -0.2) is 4.98 Å². The lowest BCUT2D eigenvalue weighted by molar-refractivity contribution is -0.132. The number of nitrogens with zero attached hydrogens (tertiary/aromatic N) is 3. The first-order chi connectivity index (χ1) is 18.3. The molecule has 0 bridgehead atoms. The fraction of sp³-hybridized carbons (Fsp3) is 0.233. The molecule has 0 radical (unpaired) electrons. The zero-order valence-corrected chi connectivity index (χ0v) is 22.2. The molecule has 8 heteroatoms. The first-order valence-corrected chi connectivity index (χ1v) is 13.3. The number of rotatable bonds is 4. The SMILES string of the molecule is Cc1ccc2nc(N3C(=O)C(=O)/C(=C(/O)c4ccc5c(c4)CCCO5)C3c3ccc(N(C)C)cc3)sc2c1. The Morgan fingerprint density at radius 3 is 2.63 bits per heavy atom. The molecule has 7 nitrogen and oxygen atoms in total. The second-order valence-electron chi connectivity index (χ2n) is 9.90. The highest BCUT2D eigenvalue weighted by atomic mass is 32.1. The third-order valence-electron chi connectivity index (χ3n) is 7.09. The third-order valence-corrected chi connectivity index (χ3v) is 8.11. The Hall–Kier alpha value is -4.17. The van der Waals surface area contributed by atoms with E-state index in [1.54, 1.807) is 6.07 Å². The number of aromatic nitrogens is 1. The molecular weight excluding hydrogens is 498 g/mol. The summed E-state index contributed by atoms with van der Waals surface area (Å²) in [5.41, 5.74) is 5.06. The number of ether oxygens (including phenoxy) is 1. The average Bonchev–Trinajstić information content (AvgIpc) is 3.45. The van der Waals surface area contributed by atoms with Crippen molar-refractivity contribution in [1.82, 2.24) is 4.98 Å². The standard InChI is InChI=1S/C30H27N3O4S/c1-17-6-12-22-24(15-17)38-30(31-22)33-26(18-7-10-21(11-8-18)32(2)3)25(28(35)29(33)36)27(34)20-9-13-23-19(16-20)5-4-14-37-23/h6-13,15-16,26,34H,4-5,14H2,1-3H3/b27-25+. The summed E-state index contributed by atoms with van der Waals surface area (Å²) >= 11 is 1.36. The summed E-state index contributed by atoms with van der Waals surface area (Å²) in [5.74, 6) is -0.842. The van der Waals surface area contributed by atoms with E-state index in [1.807, 2.05) is 80.5 Å². The molecule has 6 rings (SSSR count). The van der Waals surface area contributed by atoms with Gasteiger partial charge in [-0.05, 0) is 78.9 Å². The largest absolute Gasteiger partial charge is 0.507 e. The summed E-state index contributed by atoms with van der Waals surface area (Å²) < 4.78 is 6.65. The number of fused-ring (bicyclic) bond motifs is 2. The number of amides is 1. The van der Waals surface area contributed by atoms with E-state index >= 15 is 0 Å². The second-order valence-corrected chi connectivity index (χ2v) is 10.9. The lowest BCUT2D eigenvalue weighted by Gasteiger charge is -2.24. The van der Waals surface area contributed by atoms with E-state index in [0.29, 0.717) is 22.9 Å². The molecule has 3 heterocycles. The van der Waals surface area contributed by atoms with Crippen molar-refractivity contribution in [3.8, 4) is 5.75 Å². The van der Waals surface area contributed by atoms with Crippen LogP contribution in [0.1, 0.15) is 34.7 Å². The Morgan fingerprint density at radius 1 is 1.08 bits per heavy atom. The van der Waals surface area contributed by atoms with Crippen molar-refractivity contribution in [3.05, 3.63) is 88.5 Å². The van der Waals surface area contributed by atoms with Crippen molar-refractivity contribution < 1.29 is 19.4 Å². The van der Waals surface area contributed by atoms with Gasteiger partial charge in [0.15, 0.2) is 5.13 Å². The quantitative estimate of drug-likeness (QED) is 0.212. The molecule has 2 aliphatic rings. The molecule has 1 amide bonds. The maximum atomic E-state index is 13.6. The Labute approximate surface area is 224 Å². The van der Waals surface area contributed by atoms with Crippen LogP contribution in [0.5, 0.6) is 5.75 Å². The van der Waals surface area contributed by atoms with Crippen LogP contribution >= 0.6 is 11.3 Å². The number of thiazole rings is 1. The molecule has 1 N–H and O–H groups in total. The van der Waals surface area contributed by atoms with Crippen LogP contribution in [0.15, 0.2) is 66.2 Å². The summed E-state index contributed by atoms with van der Waals surface area (Å²) in [5, 5.41) is 12.0. The van der Waals surface area contributed by atoms with E-state index < -0.39 is 17.7 Å². The van der Waals surface area contributed by atoms with Crippen LogP contribution in [-0.2, 0) is 16.0 Å². The molecule has 1 fully saturated rings. The lowest BCUT2D eigenvalue weighted by atomic mass is 9.94. The van der Waals surface area contributed by atoms with Crippen LogP contribution in [0, 0.1) is 6.92 Å². The highest BCUT2D eigenvalue weighted by Crippen LogP contribution is 2.45. The van der Waals surface area contributed by atoms with E-state index in [1.165, 1.54) is 16.2 Å². The van der Waals surface area contributed by atoms with Crippen LogP contribution < -0.4 is 14.5 Å². The van der Waals surface area contributed by atoms with Gasteiger partial charge >= 0.3 is 5.91 Å². The third kappa shape index (κ3) is 4.01. The minimum Gasteiger partial charge on any atom is -0.507 e. The smallest absolute Gasteiger partial charge is 0.301 e. The Morgan fingerprint density at radius 2 is 1.87 bits per heavy atom. The van der Waals surface area contributed by atoms with Gasteiger partial charge in [0.2, 0.25) is 0 Å².